The number of carbonyl (C=O) groups is 3. The van der Waals surface area contributed by atoms with Gasteiger partial charge in [-0.15, -0.1) is 0 Å². The van der Waals surface area contributed by atoms with Crippen LogP contribution in [0.1, 0.15) is 12.5 Å². The molecule has 1 aromatic carbocycles. The topological polar surface area (TPSA) is 89.7 Å². The highest BCUT2D eigenvalue weighted by molar-refractivity contribution is 6.38. The fraction of sp³-hybridized carbons (Fsp3) is 0.308. The van der Waals surface area contributed by atoms with E-state index in [9.17, 15) is 14.4 Å². The summed E-state index contributed by atoms with van der Waals surface area (Å²) in [6.45, 7) is 1.98. The van der Waals surface area contributed by atoms with E-state index in [0.717, 1.165) is 10.5 Å². The van der Waals surface area contributed by atoms with Crippen molar-refractivity contribution in [3.8, 4) is 5.75 Å². The lowest BCUT2D eigenvalue weighted by atomic mass is 10.1. The molecule has 0 fully saturated rings. The van der Waals surface area contributed by atoms with Gasteiger partial charge in [-0.2, -0.15) is 0 Å². The minimum atomic E-state index is -0.897. The Labute approximate surface area is 110 Å². The molecule has 0 spiro atoms. The standard InChI is InChI=1S/C13H14N2O4/c1-8-13(18)15(12(17)7-16)10-6-9(4-5-14)2-3-11(10)19-8/h2-3,6-8H,4-5,14H2,1H3. The molecule has 0 saturated carbocycles. The molecule has 0 bridgehead atoms. The van der Waals surface area contributed by atoms with E-state index in [1.807, 2.05) is 6.07 Å². The normalized spacial score (nSPS) is 17.7. The van der Waals surface area contributed by atoms with Crippen molar-refractivity contribution in [2.75, 3.05) is 11.4 Å². The number of rotatable bonds is 3. The molecule has 1 aliphatic heterocycles. The largest absolute Gasteiger partial charge is 0.479 e. The number of hydrogen-bond acceptors (Lipinski definition) is 5. The smallest absolute Gasteiger partial charge is 0.298 e. The van der Waals surface area contributed by atoms with Gasteiger partial charge in [0.2, 0.25) is 6.29 Å². The van der Waals surface area contributed by atoms with Gasteiger partial charge in [-0.05, 0) is 37.6 Å². The Hall–Kier alpha value is -2.21. The van der Waals surface area contributed by atoms with Crippen LogP contribution in [0.25, 0.3) is 0 Å². The van der Waals surface area contributed by atoms with E-state index in [-0.39, 0.29) is 6.29 Å². The predicted octanol–water partition coefficient (Wildman–Crippen LogP) is 0.0272. The van der Waals surface area contributed by atoms with Gasteiger partial charge in [0.25, 0.3) is 11.8 Å². The van der Waals surface area contributed by atoms with Crippen molar-refractivity contribution in [1.82, 2.24) is 0 Å². The Morgan fingerprint density at radius 3 is 2.89 bits per heavy atom. The first kappa shape index (κ1) is 13.2. The van der Waals surface area contributed by atoms with Crippen molar-refractivity contribution in [2.24, 2.45) is 5.73 Å². The third-order valence-corrected chi connectivity index (χ3v) is 2.89. The minimum absolute atomic E-state index is 0.120. The number of carbonyl (C=O) groups excluding carboxylic acids is 3. The molecule has 100 valence electrons. The number of nitrogens with zero attached hydrogens (tertiary/aromatic N) is 1. The molecule has 0 aliphatic carbocycles. The molecule has 1 heterocycles. The number of ether oxygens (including phenoxy) is 1. The van der Waals surface area contributed by atoms with Crippen LogP contribution in [0.15, 0.2) is 18.2 Å². The van der Waals surface area contributed by atoms with Crippen LogP contribution in [-0.4, -0.2) is 30.7 Å². The average molecular weight is 262 g/mol. The monoisotopic (exact) mass is 262 g/mol. The van der Waals surface area contributed by atoms with Gasteiger partial charge in [0.1, 0.15) is 5.75 Å². The van der Waals surface area contributed by atoms with Crippen LogP contribution in [0.2, 0.25) is 0 Å². The molecule has 1 aromatic rings. The van der Waals surface area contributed by atoms with Gasteiger partial charge in [0.05, 0.1) is 5.69 Å². The summed E-state index contributed by atoms with van der Waals surface area (Å²) < 4.78 is 5.41. The number of aldehydes is 1. The van der Waals surface area contributed by atoms with Crippen LogP contribution in [0.3, 0.4) is 0 Å². The van der Waals surface area contributed by atoms with Crippen molar-refractivity contribution >= 4 is 23.8 Å². The van der Waals surface area contributed by atoms with Crippen molar-refractivity contribution < 1.29 is 19.1 Å². The second-order valence-electron chi connectivity index (χ2n) is 4.23. The summed E-state index contributed by atoms with van der Waals surface area (Å²) in [5.41, 5.74) is 6.64. The van der Waals surface area contributed by atoms with E-state index in [4.69, 9.17) is 10.5 Å². The third-order valence-electron chi connectivity index (χ3n) is 2.89. The van der Waals surface area contributed by atoms with E-state index in [0.29, 0.717) is 24.4 Å². The van der Waals surface area contributed by atoms with Crippen LogP contribution in [0.4, 0.5) is 5.69 Å². The molecule has 0 aromatic heterocycles. The van der Waals surface area contributed by atoms with E-state index in [1.165, 1.54) is 6.92 Å². The van der Waals surface area contributed by atoms with Crippen molar-refractivity contribution in [1.29, 1.82) is 0 Å². The first-order chi connectivity index (χ1) is 9.08. The average Bonchev–Trinajstić information content (AvgIpc) is 2.40. The Kier molecular flexibility index (Phi) is 3.62. The highest BCUT2D eigenvalue weighted by atomic mass is 16.5. The molecular weight excluding hydrogens is 248 g/mol. The van der Waals surface area contributed by atoms with Crippen molar-refractivity contribution in [3.63, 3.8) is 0 Å². The Bertz CT molecular complexity index is 541. The zero-order valence-corrected chi connectivity index (χ0v) is 10.5. The molecule has 6 nitrogen and oxygen atoms in total. The molecule has 0 radical (unpaired) electrons. The fourth-order valence-corrected chi connectivity index (χ4v) is 1.98. The summed E-state index contributed by atoms with van der Waals surface area (Å²) in [6, 6.07) is 5.14. The maximum Gasteiger partial charge on any atom is 0.298 e. The lowest BCUT2D eigenvalue weighted by Gasteiger charge is -2.30. The van der Waals surface area contributed by atoms with Gasteiger partial charge in [-0.25, -0.2) is 4.90 Å². The number of hydrogen-bond donors (Lipinski definition) is 1. The summed E-state index contributed by atoms with van der Waals surface area (Å²) in [4.78, 5) is 35.1. The molecule has 1 atom stereocenters. The van der Waals surface area contributed by atoms with E-state index in [2.05, 4.69) is 0 Å². The summed E-state index contributed by atoms with van der Waals surface area (Å²) >= 11 is 0. The van der Waals surface area contributed by atoms with Crippen LogP contribution >= 0.6 is 0 Å². The van der Waals surface area contributed by atoms with Crippen molar-refractivity contribution in [3.05, 3.63) is 23.8 Å². The maximum absolute atomic E-state index is 12.0. The second-order valence-corrected chi connectivity index (χ2v) is 4.23. The van der Waals surface area contributed by atoms with Gasteiger partial charge in [-0.1, -0.05) is 6.07 Å². The minimum Gasteiger partial charge on any atom is -0.479 e. The molecule has 19 heavy (non-hydrogen) atoms. The van der Waals surface area contributed by atoms with Crippen LogP contribution in [0, 0.1) is 0 Å². The fourth-order valence-electron chi connectivity index (χ4n) is 1.98. The highest BCUT2D eigenvalue weighted by Crippen LogP contribution is 2.34. The number of anilines is 1. The lowest BCUT2D eigenvalue weighted by Crippen LogP contribution is -2.48. The Morgan fingerprint density at radius 2 is 2.26 bits per heavy atom. The van der Waals surface area contributed by atoms with Crippen LogP contribution in [-0.2, 0) is 20.8 Å². The van der Waals surface area contributed by atoms with Gasteiger partial charge >= 0.3 is 0 Å². The number of benzene rings is 1. The number of imide groups is 1. The highest BCUT2D eigenvalue weighted by Gasteiger charge is 2.35. The number of amides is 2. The van der Waals surface area contributed by atoms with E-state index in [1.54, 1.807) is 12.1 Å². The van der Waals surface area contributed by atoms with Gasteiger partial charge in [-0.3, -0.25) is 14.4 Å². The molecular formula is C13H14N2O4. The van der Waals surface area contributed by atoms with Crippen LogP contribution < -0.4 is 15.4 Å². The second kappa shape index (κ2) is 5.19. The molecule has 1 aliphatic rings. The number of nitrogens with two attached hydrogens (primary N) is 1. The van der Waals surface area contributed by atoms with Gasteiger partial charge in [0, 0.05) is 0 Å². The Balaban J connectivity index is 2.50. The predicted molar refractivity (Wildman–Crippen MR) is 67.8 cm³/mol. The van der Waals surface area contributed by atoms with Crippen molar-refractivity contribution in [2.45, 2.75) is 19.4 Å². The van der Waals surface area contributed by atoms with E-state index >= 15 is 0 Å². The summed E-state index contributed by atoms with van der Waals surface area (Å²) in [5.74, 6) is -1.04. The lowest BCUT2D eigenvalue weighted by molar-refractivity contribution is -0.135. The molecule has 2 amide bonds. The van der Waals surface area contributed by atoms with Gasteiger partial charge < -0.3 is 10.5 Å². The Morgan fingerprint density at radius 1 is 1.53 bits per heavy atom. The summed E-state index contributed by atoms with van der Waals surface area (Å²) in [7, 11) is 0. The maximum atomic E-state index is 12.0. The van der Waals surface area contributed by atoms with Crippen LogP contribution in [0.5, 0.6) is 5.75 Å². The first-order valence-electron chi connectivity index (χ1n) is 5.91. The molecule has 1 unspecified atom stereocenters. The summed E-state index contributed by atoms with van der Waals surface area (Å²) in [6.07, 6.45) is -0.0631. The molecule has 6 heteroatoms. The SMILES string of the molecule is CC1Oc2ccc(CCN)cc2N(C(=O)C=O)C1=O. The van der Waals surface area contributed by atoms with Gasteiger partial charge in [0.15, 0.2) is 6.10 Å². The zero-order valence-electron chi connectivity index (χ0n) is 10.5. The summed E-state index contributed by atoms with van der Waals surface area (Å²) in [5, 5.41) is 0. The number of fused-ring (bicyclic) bond motifs is 1. The van der Waals surface area contributed by atoms with E-state index < -0.39 is 17.9 Å². The molecule has 2 rings (SSSR count). The molecule has 2 N–H and O–H groups in total. The zero-order chi connectivity index (χ0) is 14.0. The molecule has 0 saturated heterocycles. The first-order valence-corrected chi connectivity index (χ1v) is 5.91. The quantitative estimate of drug-likeness (QED) is 0.613. The third kappa shape index (κ3) is 2.34.